The summed E-state index contributed by atoms with van der Waals surface area (Å²) in [5.41, 5.74) is 0.777. The van der Waals surface area contributed by atoms with Crippen molar-refractivity contribution in [3.63, 3.8) is 0 Å². The molecule has 1 aliphatic rings. The number of nitrogens with one attached hydrogen (secondary N) is 1. The number of para-hydroxylation sites is 1. The van der Waals surface area contributed by atoms with Gasteiger partial charge in [0, 0.05) is 24.8 Å². The van der Waals surface area contributed by atoms with E-state index in [1.54, 1.807) is 6.08 Å². The van der Waals surface area contributed by atoms with Crippen LogP contribution >= 0.6 is 0 Å². The fraction of sp³-hybridized carbons (Fsp3) is 0.444. The molecular weight excluding hydrogens is 310 g/mol. The zero-order chi connectivity index (χ0) is 17.2. The summed E-state index contributed by atoms with van der Waals surface area (Å²) in [5.74, 6) is -0.214. The van der Waals surface area contributed by atoms with Crippen LogP contribution in [-0.4, -0.2) is 44.3 Å². The average molecular weight is 333 g/mol. The normalized spacial score (nSPS) is 17.0. The molecule has 0 aliphatic carbocycles. The Kier molecular flexibility index (Phi) is 7.29. The zero-order valence-electron chi connectivity index (χ0n) is 13.8. The van der Waals surface area contributed by atoms with E-state index < -0.39 is 5.97 Å². The summed E-state index contributed by atoms with van der Waals surface area (Å²) in [6.07, 6.45) is 4.92. The molecule has 1 heterocycles. The Morgan fingerprint density at radius 2 is 2.21 bits per heavy atom. The lowest BCUT2D eigenvalue weighted by Crippen LogP contribution is -2.34. The van der Waals surface area contributed by atoms with Crippen LogP contribution in [0.15, 0.2) is 30.3 Å². The van der Waals surface area contributed by atoms with Crippen LogP contribution in [0.25, 0.3) is 6.08 Å². The summed E-state index contributed by atoms with van der Waals surface area (Å²) in [6.45, 7) is 3.32. The predicted octanol–water partition coefficient (Wildman–Crippen LogP) is 1.94. The van der Waals surface area contributed by atoms with Crippen molar-refractivity contribution in [2.45, 2.75) is 25.9 Å². The highest BCUT2D eigenvalue weighted by molar-refractivity contribution is 5.89. The summed E-state index contributed by atoms with van der Waals surface area (Å²) in [6, 6.07) is 7.38. The summed E-state index contributed by atoms with van der Waals surface area (Å²) in [4.78, 5) is 23.3. The smallest absolute Gasteiger partial charge is 0.331 e. The predicted molar refractivity (Wildman–Crippen MR) is 89.6 cm³/mol. The first kappa shape index (κ1) is 18.0. The van der Waals surface area contributed by atoms with Crippen LogP contribution < -0.4 is 10.1 Å². The number of hydrogen-bond donors (Lipinski definition) is 1. The summed E-state index contributed by atoms with van der Waals surface area (Å²) in [5, 5.41) is 2.69. The second-order valence-corrected chi connectivity index (χ2v) is 5.35. The van der Waals surface area contributed by atoms with Crippen molar-refractivity contribution >= 4 is 18.0 Å². The Labute approximate surface area is 141 Å². The number of hydrogen-bond acceptors (Lipinski definition) is 5. The average Bonchev–Trinajstić information content (AvgIpc) is 3.11. The maximum Gasteiger partial charge on any atom is 0.331 e. The molecule has 0 radical (unpaired) electrons. The summed E-state index contributed by atoms with van der Waals surface area (Å²) < 4.78 is 15.8. The first-order chi connectivity index (χ1) is 11.7. The molecule has 1 aliphatic heterocycles. The van der Waals surface area contributed by atoms with Gasteiger partial charge in [-0.15, -0.1) is 0 Å². The van der Waals surface area contributed by atoms with Crippen LogP contribution in [0.2, 0.25) is 0 Å². The molecule has 0 bridgehead atoms. The number of carbonyl (C=O) groups is 2. The molecule has 0 unspecified atom stereocenters. The third kappa shape index (κ3) is 6.04. The molecule has 6 nitrogen and oxygen atoms in total. The molecule has 0 aromatic heterocycles. The number of benzene rings is 1. The van der Waals surface area contributed by atoms with E-state index in [1.165, 1.54) is 6.08 Å². The molecule has 1 amide bonds. The highest BCUT2D eigenvalue weighted by Gasteiger charge is 2.16. The topological polar surface area (TPSA) is 73.9 Å². The van der Waals surface area contributed by atoms with Gasteiger partial charge in [0.15, 0.2) is 6.61 Å². The van der Waals surface area contributed by atoms with Gasteiger partial charge in [-0.05, 0) is 31.9 Å². The van der Waals surface area contributed by atoms with Gasteiger partial charge in [0.2, 0.25) is 0 Å². The van der Waals surface area contributed by atoms with Gasteiger partial charge in [-0.3, -0.25) is 4.79 Å². The molecule has 6 heteroatoms. The van der Waals surface area contributed by atoms with Gasteiger partial charge < -0.3 is 19.5 Å². The maximum absolute atomic E-state index is 11.7. The Morgan fingerprint density at radius 1 is 1.38 bits per heavy atom. The molecule has 1 N–H and O–H groups in total. The number of carbonyl (C=O) groups excluding carboxylic acids is 2. The van der Waals surface area contributed by atoms with E-state index >= 15 is 0 Å². The van der Waals surface area contributed by atoms with Gasteiger partial charge >= 0.3 is 5.97 Å². The van der Waals surface area contributed by atoms with Crippen molar-refractivity contribution in [2.24, 2.45) is 0 Å². The van der Waals surface area contributed by atoms with Gasteiger partial charge in [0.25, 0.3) is 5.91 Å². The summed E-state index contributed by atoms with van der Waals surface area (Å²) in [7, 11) is 0. The minimum absolute atomic E-state index is 0.0691. The molecule has 1 saturated heterocycles. The molecule has 2 rings (SSSR count). The van der Waals surface area contributed by atoms with E-state index in [-0.39, 0.29) is 18.6 Å². The number of ether oxygens (including phenoxy) is 3. The highest BCUT2D eigenvalue weighted by atomic mass is 16.5. The molecule has 130 valence electrons. The standard InChI is InChI=1S/C18H23NO5/c1-2-22-16-8-4-3-6-14(16)9-10-18(21)24-13-17(20)19-12-15-7-5-11-23-15/h3-4,6,8-10,15H,2,5,7,11-13H2,1H3,(H,19,20)/b10-9+/t15-/m0/s1. The second-order valence-electron chi connectivity index (χ2n) is 5.35. The van der Waals surface area contributed by atoms with Crippen molar-refractivity contribution in [1.29, 1.82) is 0 Å². The fourth-order valence-electron chi connectivity index (χ4n) is 2.33. The van der Waals surface area contributed by atoms with E-state index in [4.69, 9.17) is 14.2 Å². The molecular formula is C18H23NO5. The number of rotatable bonds is 8. The van der Waals surface area contributed by atoms with Gasteiger partial charge in [-0.25, -0.2) is 4.79 Å². The van der Waals surface area contributed by atoms with E-state index in [0.717, 1.165) is 25.0 Å². The Morgan fingerprint density at radius 3 is 2.96 bits per heavy atom. The Balaban J connectivity index is 1.73. The molecule has 1 fully saturated rings. The van der Waals surface area contributed by atoms with Crippen LogP contribution in [-0.2, 0) is 19.1 Å². The lowest BCUT2D eigenvalue weighted by Gasteiger charge is -2.10. The second kappa shape index (κ2) is 9.72. The van der Waals surface area contributed by atoms with Crippen molar-refractivity contribution in [3.8, 4) is 5.75 Å². The molecule has 1 atom stereocenters. The third-order valence-corrected chi connectivity index (χ3v) is 3.51. The third-order valence-electron chi connectivity index (χ3n) is 3.51. The molecule has 1 aromatic rings. The van der Waals surface area contributed by atoms with Crippen LogP contribution in [0.1, 0.15) is 25.3 Å². The highest BCUT2D eigenvalue weighted by Crippen LogP contribution is 2.19. The number of esters is 1. The summed E-state index contributed by atoms with van der Waals surface area (Å²) >= 11 is 0. The van der Waals surface area contributed by atoms with E-state index in [2.05, 4.69) is 5.32 Å². The van der Waals surface area contributed by atoms with Gasteiger partial charge in [-0.1, -0.05) is 18.2 Å². The minimum atomic E-state index is -0.575. The van der Waals surface area contributed by atoms with Crippen molar-refractivity contribution in [1.82, 2.24) is 5.32 Å². The van der Waals surface area contributed by atoms with E-state index in [9.17, 15) is 9.59 Å². The van der Waals surface area contributed by atoms with Crippen LogP contribution in [0, 0.1) is 0 Å². The van der Waals surface area contributed by atoms with Crippen molar-refractivity contribution in [2.75, 3.05) is 26.4 Å². The maximum atomic E-state index is 11.7. The van der Waals surface area contributed by atoms with E-state index in [1.807, 2.05) is 31.2 Å². The largest absolute Gasteiger partial charge is 0.493 e. The molecule has 24 heavy (non-hydrogen) atoms. The fourth-order valence-corrected chi connectivity index (χ4v) is 2.33. The lowest BCUT2D eigenvalue weighted by molar-refractivity contribution is -0.143. The Bertz CT molecular complexity index is 579. The van der Waals surface area contributed by atoms with Crippen molar-refractivity contribution < 1.29 is 23.8 Å². The first-order valence-corrected chi connectivity index (χ1v) is 8.14. The molecule has 1 aromatic carbocycles. The van der Waals surface area contributed by atoms with Crippen molar-refractivity contribution in [3.05, 3.63) is 35.9 Å². The Hall–Kier alpha value is -2.34. The van der Waals surface area contributed by atoms with E-state index in [0.29, 0.717) is 18.9 Å². The molecule has 0 saturated carbocycles. The van der Waals surface area contributed by atoms with Gasteiger partial charge in [0.1, 0.15) is 5.75 Å². The SMILES string of the molecule is CCOc1ccccc1/C=C/C(=O)OCC(=O)NC[C@@H]1CCCO1. The zero-order valence-corrected chi connectivity index (χ0v) is 13.8. The van der Waals surface area contributed by atoms with Crippen LogP contribution in [0.5, 0.6) is 5.75 Å². The van der Waals surface area contributed by atoms with Crippen LogP contribution in [0.3, 0.4) is 0 Å². The number of amides is 1. The lowest BCUT2D eigenvalue weighted by atomic mass is 10.2. The first-order valence-electron chi connectivity index (χ1n) is 8.14. The van der Waals surface area contributed by atoms with Gasteiger partial charge in [-0.2, -0.15) is 0 Å². The monoisotopic (exact) mass is 333 g/mol. The quantitative estimate of drug-likeness (QED) is 0.581. The van der Waals surface area contributed by atoms with Crippen LogP contribution in [0.4, 0.5) is 0 Å². The molecule has 0 spiro atoms. The van der Waals surface area contributed by atoms with Gasteiger partial charge in [0.05, 0.1) is 12.7 Å². The minimum Gasteiger partial charge on any atom is -0.493 e.